The Morgan fingerprint density at radius 1 is 1.04 bits per heavy atom. The van der Waals surface area contributed by atoms with E-state index in [-0.39, 0.29) is 11.3 Å². The first-order valence-electron chi connectivity index (χ1n) is 8.59. The van der Waals surface area contributed by atoms with Crippen LogP contribution in [0.2, 0.25) is 0 Å². The van der Waals surface area contributed by atoms with Crippen molar-refractivity contribution in [3.05, 3.63) is 40.0 Å². The molecule has 5 nitrogen and oxygen atoms in total. The maximum Gasteiger partial charge on any atom is 0.417 e. The third kappa shape index (κ3) is 4.40. The summed E-state index contributed by atoms with van der Waals surface area (Å²) in [4.78, 5) is 25.2. The molecule has 0 spiro atoms. The Hall–Kier alpha value is -2.16. The number of thiazole rings is 1. The Morgan fingerprint density at radius 3 is 2.19 bits per heavy atom. The lowest BCUT2D eigenvalue weighted by molar-refractivity contribution is -0.137. The van der Waals surface area contributed by atoms with Crippen LogP contribution in [0.4, 0.5) is 19.0 Å². The summed E-state index contributed by atoms with van der Waals surface area (Å²) in [6, 6.07) is 2.41. The van der Waals surface area contributed by atoms with Crippen molar-refractivity contribution in [2.75, 3.05) is 31.1 Å². The van der Waals surface area contributed by atoms with Crippen LogP contribution >= 0.6 is 11.3 Å². The molecule has 0 saturated carbocycles. The molecule has 0 atom stereocenters. The van der Waals surface area contributed by atoms with Gasteiger partial charge in [-0.05, 0) is 12.1 Å². The van der Waals surface area contributed by atoms with Gasteiger partial charge in [-0.2, -0.15) is 13.2 Å². The number of rotatable bonds is 2. The van der Waals surface area contributed by atoms with Crippen LogP contribution < -0.4 is 4.90 Å². The van der Waals surface area contributed by atoms with Crippen molar-refractivity contribution in [3.8, 4) is 0 Å². The molecule has 0 aromatic carbocycles. The summed E-state index contributed by atoms with van der Waals surface area (Å²) < 4.78 is 37.9. The minimum Gasteiger partial charge on any atom is -0.353 e. The molecule has 1 fully saturated rings. The number of hydrogen-bond donors (Lipinski definition) is 0. The highest BCUT2D eigenvalue weighted by atomic mass is 32.1. The zero-order chi connectivity index (χ0) is 19.8. The maximum absolute atomic E-state index is 12.7. The highest BCUT2D eigenvalue weighted by molar-refractivity contribution is 7.13. The van der Waals surface area contributed by atoms with Gasteiger partial charge < -0.3 is 9.80 Å². The molecule has 1 aliphatic heterocycles. The maximum atomic E-state index is 12.7. The van der Waals surface area contributed by atoms with Crippen LogP contribution in [-0.2, 0) is 11.6 Å². The van der Waals surface area contributed by atoms with Crippen molar-refractivity contribution in [2.24, 2.45) is 0 Å². The molecule has 146 valence electrons. The molecule has 27 heavy (non-hydrogen) atoms. The van der Waals surface area contributed by atoms with Gasteiger partial charge in [-0.25, -0.2) is 9.97 Å². The molecule has 9 heteroatoms. The molecule has 1 aliphatic rings. The van der Waals surface area contributed by atoms with Crippen LogP contribution in [0.25, 0.3) is 0 Å². The van der Waals surface area contributed by atoms with E-state index in [4.69, 9.17) is 0 Å². The van der Waals surface area contributed by atoms with Gasteiger partial charge in [-0.1, -0.05) is 20.8 Å². The van der Waals surface area contributed by atoms with Gasteiger partial charge in [0.1, 0.15) is 10.7 Å². The molecule has 0 unspecified atom stereocenters. The van der Waals surface area contributed by atoms with Crippen LogP contribution in [0, 0.1) is 0 Å². The Morgan fingerprint density at radius 2 is 1.70 bits per heavy atom. The van der Waals surface area contributed by atoms with Crippen molar-refractivity contribution in [3.63, 3.8) is 0 Å². The van der Waals surface area contributed by atoms with Crippen molar-refractivity contribution in [1.29, 1.82) is 0 Å². The fourth-order valence-electron chi connectivity index (χ4n) is 2.76. The summed E-state index contributed by atoms with van der Waals surface area (Å²) in [5.74, 6) is 0.436. The van der Waals surface area contributed by atoms with Crippen molar-refractivity contribution >= 4 is 23.1 Å². The number of piperazine rings is 1. The van der Waals surface area contributed by atoms with E-state index in [9.17, 15) is 18.0 Å². The smallest absolute Gasteiger partial charge is 0.353 e. The zero-order valence-electron chi connectivity index (χ0n) is 15.4. The number of carbonyl (C=O) groups excluding carboxylic acids is 1. The second-order valence-corrected chi connectivity index (χ2v) is 8.49. The lowest BCUT2D eigenvalue weighted by Crippen LogP contribution is -2.48. The van der Waals surface area contributed by atoms with E-state index in [2.05, 4.69) is 30.7 Å². The molecule has 0 N–H and O–H groups in total. The molecule has 2 aromatic heterocycles. The van der Waals surface area contributed by atoms with Gasteiger partial charge >= 0.3 is 6.18 Å². The fourth-order valence-corrected chi connectivity index (χ4v) is 3.70. The van der Waals surface area contributed by atoms with Crippen molar-refractivity contribution in [2.45, 2.75) is 32.4 Å². The van der Waals surface area contributed by atoms with E-state index in [0.29, 0.717) is 36.9 Å². The van der Waals surface area contributed by atoms with E-state index in [0.717, 1.165) is 17.3 Å². The lowest BCUT2D eigenvalue weighted by atomic mass is 9.98. The molecule has 0 aliphatic carbocycles. The zero-order valence-corrected chi connectivity index (χ0v) is 16.2. The molecular formula is C18H21F3N4OS. The minimum atomic E-state index is -4.39. The van der Waals surface area contributed by atoms with Gasteiger partial charge in [0.15, 0.2) is 0 Å². The molecule has 0 radical (unpaired) electrons. The Kier molecular flexibility index (Phi) is 5.16. The summed E-state index contributed by atoms with van der Waals surface area (Å²) >= 11 is 1.41. The summed E-state index contributed by atoms with van der Waals surface area (Å²) in [5.41, 5.74) is -0.865. The number of hydrogen-bond acceptors (Lipinski definition) is 5. The number of amides is 1. The second kappa shape index (κ2) is 7.10. The first-order valence-corrected chi connectivity index (χ1v) is 9.41. The molecule has 0 bridgehead atoms. The average Bonchev–Trinajstić information content (AvgIpc) is 3.11. The minimum absolute atomic E-state index is 0.0528. The van der Waals surface area contributed by atoms with Gasteiger partial charge in [0, 0.05) is 37.8 Å². The van der Waals surface area contributed by atoms with Gasteiger partial charge in [0.05, 0.1) is 16.8 Å². The number of halogens is 3. The number of alkyl halides is 3. The van der Waals surface area contributed by atoms with Gasteiger partial charge in [0.2, 0.25) is 0 Å². The number of anilines is 1. The van der Waals surface area contributed by atoms with E-state index in [1.54, 1.807) is 11.1 Å². The molecule has 1 amide bonds. The number of carbonyl (C=O) groups is 1. The average molecular weight is 398 g/mol. The predicted octanol–water partition coefficient (Wildman–Crippen LogP) is 3.82. The van der Waals surface area contributed by atoms with E-state index < -0.39 is 11.7 Å². The topological polar surface area (TPSA) is 49.3 Å². The first kappa shape index (κ1) is 19.6. The predicted molar refractivity (Wildman–Crippen MR) is 98.2 cm³/mol. The monoisotopic (exact) mass is 398 g/mol. The summed E-state index contributed by atoms with van der Waals surface area (Å²) in [6.07, 6.45) is -1.92. The van der Waals surface area contributed by atoms with Crippen LogP contribution in [-0.4, -0.2) is 47.0 Å². The Bertz CT molecular complexity index is 803. The summed E-state index contributed by atoms with van der Waals surface area (Å²) in [6.45, 7) is 8.18. The molecule has 2 aromatic rings. The van der Waals surface area contributed by atoms with Crippen LogP contribution in [0.15, 0.2) is 24.5 Å². The van der Waals surface area contributed by atoms with E-state index in [1.165, 1.54) is 17.4 Å². The van der Waals surface area contributed by atoms with E-state index >= 15 is 0 Å². The second-order valence-electron chi connectivity index (χ2n) is 7.46. The molecular weight excluding hydrogens is 377 g/mol. The van der Waals surface area contributed by atoms with Crippen molar-refractivity contribution < 1.29 is 18.0 Å². The molecule has 3 heterocycles. The largest absolute Gasteiger partial charge is 0.417 e. The fraction of sp³-hybridized carbons (Fsp3) is 0.500. The number of pyridine rings is 1. The van der Waals surface area contributed by atoms with Crippen LogP contribution in [0.1, 0.15) is 41.0 Å². The van der Waals surface area contributed by atoms with E-state index in [1.807, 2.05) is 4.90 Å². The van der Waals surface area contributed by atoms with Crippen LogP contribution in [0.3, 0.4) is 0 Å². The highest BCUT2D eigenvalue weighted by Crippen LogP contribution is 2.30. The van der Waals surface area contributed by atoms with Gasteiger partial charge in [-0.15, -0.1) is 11.3 Å². The number of aromatic nitrogens is 2. The SMILES string of the molecule is CC(C)(C)c1ncc(C(=O)N2CCN(c3ccc(C(F)(F)F)cn3)CC2)s1. The van der Waals surface area contributed by atoms with Crippen molar-refractivity contribution in [1.82, 2.24) is 14.9 Å². The van der Waals surface area contributed by atoms with Crippen LogP contribution in [0.5, 0.6) is 0 Å². The third-order valence-electron chi connectivity index (χ3n) is 4.32. The quantitative estimate of drug-likeness (QED) is 0.772. The standard InChI is InChI=1S/C18H21F3N4OS/c1-17(2,3)16-23-11-13(27-16)15(26)25-8-6-24(7-9-25)14-5-4-12(10-22-14)18(19,20)21/h4-5,10-11H,6-9H2,1-3H3. The number of nitrogens with zero attached hydrogens (tertiary/aromatic N) is 4. The highest BCUT2D eigenvalue weighted by Gasteiger charge is 2.31. The molecule has 3 rings (SSSR count). The summed E-state index contributed by atoms with van der Waals surface area (Å²) in [7, 11) is 0. The Labute approximate surface area is 159 Å². The first-order chi connectivity index (χ1) is 12.6. The lowest BCUT2D eigenvalue weighted by Gasteiger charge is -2.35. The third-order valence-corrected chi connectivity index (χ3v) is 5.74. The normalized spacial score (nSPS) is 15.9. The molecule has 1 saturated heterocycles. The summed E-state index contributed by atoms with van der Waals surface area (Å²) in [5, 5.41) is 0.915. The van der Waals surface area contributed by atoms with Gasteiger partial charge in [-0.3, -0.25) is 4.79 Å². The Balaban J connectivity index is 1.61. The van der Waals surface area contributed by atoms with Gasteiger partial charge in [0.25, 0.3) is 5.91 Å².